The molecule has 0 atom stereocenters. The summed E-state index contributed by atoms with van der Waals surface area (Å²) in [5.41, 5.74) is 1.94. The fourth-order valence-corrected chi connectivity index (χ4v) is 3.18. The van der Waals surface area contributed by atoms with Crippen molar-refractivity contribution in [3.8, 4) is 22.6 Å². The van der Waals surface area contributed by atoms with Crippen LogP contribution in [0.5, 0.6) is 0 Å². The molecular formula is C20H19F4N5. The zero-order valence-electron chi connectivity index (χ0n) is 15.5. The molecule has 1 saturated carbocycles. The first-order chi connectivity index (χ1) is 13.9. The van der Waals surface area contributed by atoms with E-state index in [2.05, 4.69) is 20.3 Å². The molecule has 2 heterocycles. The molecule has 2 aromatic heterocycles. The molecule has 1 fully saturated rings. The first kappa shape index (κ1) is 19.4. The number of aryl methyl sites for hydroxylation is 1. The van der Waals surface area contributed by atoms with Gasteiger partial charge in [-0.25, -0.2) is 19.3 Å². The van der Waals surface area contributed by atoms with E-state index in [1.54, 1.807) is 24.4 Å². The Labute approximate surface area is 164 Å². The smallest absolute Gasteiger partial charge is 0.351 e. The van der Waals surface area contributed by atoms with Crippen LogP contribution in [-0.2, 0) is 6.54 Å². The molecule has 3 aromatic rings. The van der Waals surface area contributed by atoms with E-state index in [-0.39, 0.29) is 6.54 Å². The van der Waals surface area contributed by atoms with Gasteiger partial charge in [0.2, 0.25) is 5.95 Å². The van der Waals surface area contributed by atoms with Gasteiger partial charge in [-0.2, -0.15) is 13.2 Å². The molecule has 9 heteroatoms. The second-order valence-corrected chi connectivity index (χ2v) is 7.04. The van der Waals surface area contributed by atoms with Gasteiger partial charge in [0.15, 0.2) is 0 Å². The van der Waals surface area contributed by atoms with Crippen LogP contribution in [0.15, 0.2) is 42.9 Å². The third-order valence-corrected chi connectivity index (χ3v) is 4.93. The quantitative estimate of drug-likeness (QED) is 0.582. The number of hydrogen-bond donors (Lipinski definition) is 1. The highest BCUT2D eigenvalue weighted by atomic mass is 19.4. The van der Waals surface area contributed by atoms with Crippen molar-refractivity contribution >= 4 is 5.95 Å². The minimum atomic E-state index is -4.29. The van der Waals surface area contributed by atoms with E-state index in [1.807, 2.05) is 0 Å². The number of rotatable bonds is 6. The fraction of sp³-hybridized carbons (Fsp3) is 0.350. The van der Waals surface area contributed by atoms with Crippen LogP contribution in [0.1, 0.15) is 25.7 Å². The van der Waals surface area contributed by atoms with E-state index in [1.165, 1.54) is 23.0 Å². The number of hydrogen-bond acceptors (Lipinski definition) is 4. The van der Waals surface area contributed by atoms with Crippen molar-refractivity contribution in [2.45, 2.75) is 44.4 Å². The van der Waals surface area contributed by atoms with Gasteiger partial charge in [0.05, 0.1) is 29.8 Å². The number of anilines is 1. The molecule has 0 radical (unpaired) electrons. The molecule has 0 aliphatic heterocycles. The Kier molecular flexibility index (Phi) is 5.21. The summed E-state index contributed by atoms with van der Waals surface area (Å²) in [6, 6.07) is 7.63. The van der Waals surface area contributed by atoms with Gasteiger partial charge in [0.1, 0.15) is 5.82 Å². The highest BCUT2D eigenvalue weighted by Crippen LogP contribution is 2.32. The highest BCUT2D eigenvalue weighted by Gasteiger charge is 2.28. The molecule has 0 spiro atoms. The molecule has 4 rings (SSSR count). The maximum Gasteiger partial charge on any atom is 0.390 e. The average Bonchev–Trinajstić information content (AvgIpc) is 3.07. The van der Waals surface area contributed by atoms with E-state index in [0.717, 1.165) is 19.3 Å². The average molecular weight is 405 g/mol. The largest absolute Gasteiger partial charge is 0.390 e. The topological polar surface area (TPSA) is 55.6 Å². The maximum absolute atomic E-state index is 13.3. The van der Waals surface area contributed by atoms with Crippen molar-refractivity contribution in [3.63, 3.8) is 0 Å². The molecule has 0 bridgehead atoms. The van der Waals surface area contributed by atoms with Crippen molar-refractivity contribution in [2.24, 2.45) is 0 Å². The van der Waals surface area contributed by atoms with Crippen LogP contribution in [0.4, 0.5) is 23.5 Å². The standard InChI is InChI=1S/C20H19F4N5/c21-14-6-4-13(5-7-14)17-18(29(12-26-17)11-9-20(22,23)24)16-8-10-25-19(28-16)27-15-2-1-3-15/h4-8,10,12,15H,1-3,9,11H2,(H,25,27,28). The third-order valence-electron chi connectivity index (χ3n) is 4.93. The summed E-state index contributed by atoms with van der Waals surface area (Å²) < 4.78 is 53.1. The van der Waals surface area contributed by atoms with Gasteiger partial charge in [0.25, 0.3) is 0 Å². The van der Waals surface area contributed by atoms with E-state index in [4.69, 9.17) is 0 Å². The summed E-state index contributed by atoms with van der Waals surface area (Å²) in [5.74, 6) is 0.0293. The molecule has 29 heavy (non-hydrogen) atoms. The second kappa shape index (κ2) is 7.81. The van der Waals surface area contributed by atoms with Crippen LogP contribution in [0.2, 0.25) is 0 Å². The molecule has 1 aromatic carbocycles. The number of imidazole rings is 1. The van der Waals surface area contributed by atoms with E-state index in [9.17, 15) is 17.6 Å². The lowest BCUT2D eigenvalue weighted by Gasteiger charge is -2.26. The number of halogens is 4. The number of nitrogens with one attached hydrogen (secondary N) is 1. The Morgan fingerprint density at radius 3 is 2.48 bits per heavy atom. The SMILES string of the molecule is Fc1ccc(-c2ncn(CCC(F)(F)F)c2-c2ccnc(NC3CCC3)n2)cc1. The van der Waals surface area contributed by atoms with Gasteiger partial charge < -0.3 is 9.88 Å². The number of alkyl halides is 3. The van der Waals surface area contributed by atoms with Gasteiger partial charge in [-0.15, -0.1) is 0 Å². The summed E-state index contributed by atoms with van der Waals surface area (Å²) >= 11 is 0. The van der Waals surface area contributed by atoms with E-state index >= 15 is 0 Å². The third kappa shape index (κ3) is 4.55. The minimum absolute atomic E-state index is 0.289. The molecule has 5 nitrogen and oxygen atoms in total. The summed E-state index contributed by atoms with van der Waals surface area (Å²) in [4.78, 5) is 13.0. The normalized spacial score (nSPS) is 14.6. The van der Waals surface area contributed by atoms with E-state index in [0.29, 0.717) is 34.6 Å². The summed E-state index contributed by atoms with van der Waals surface area (Å²) in [6.07, 6.45) is 0.879. The van der Waals surface area contributed by atoms with Crippen molar-refractivity contribution in [1.82, 2.24) is 19.5 Å². The Bertz CT molecular complexity index is 977. The Morgan fingerprint density at radius 2 is 1.83 bits per heavy atom. The van der Waals surface area contributed by atoms with Gasteiger partial charge in [0, 0.05) is 24.3 Å². The zero-order valence-corrected chi connectivity index (χ0v) is 15.5. The number of aromatic nitrogens is 4. The summed E-state index contributed by atoms with van der Waals surface area (Å²) in [5, 5.41) is 3.24. The molecule has 1 N–H and O–H groups in total. The lowest BCUT2D eigenvalue weighted by atomic mass is 9.93. The molecule has 0 unspecified atom stereocenters. The monoisotopic (exact) mass is 405 g/mol. The van der Waals surface area contributed by atoms with Gasteiger partial charge >= 0.3 is 6.18 Å². The minimum Gasteiger partial charge on any atom is -0.351 e. The first-order valence-corrected chi connectivity index (χ1v) is 9.37. The van der Waals surface area contributed by atoms with Gasteiger partial charge in [-0.1, -0.05) is 0 Å². The van der Waals surface area contributed by atoms with Crippen LogP contribution < -0.4 is 5.32 Å². The van der Waals surface area contributed by atoms with Crippen LogP contribution in [-0.4, -0.2) is 31.7 Å². The van der Waals surface area contributed by atoms with Crippen LogP contribution in [0.3, 0.4) is 0 Å². The molecule has 0 amide bonds. The Balaban J connectivity index is 1.73. The van der Waals surface area contributed by atoms with E-state index < -0.39 is 18.4 Å². The van der Waals surface area contributed by atoms with Crippen LogP contribution in [0, 0.1) is 5.82 Å². The van der Waals surface area contributed by atoms with Crippen LogP contribution >= 0.6 is 0 Å². The maximum atomic E-state index is 13.3. The summed E-state index contributed by atoms with van der Waals surface area (Å²) in [7, 11) is 0. The Morgan fingerprint density at radius 1 is 1.07 bits per heavy atom. The summed E-state index contributed by atoms with van der Waals surface area (Å²) in [6.45, 7) is -0.289. The van der Waals surface area contributed by atoms with Crippen LogP contribution in [0.25, 0.3) is 22.6 Å². The Hall–Kier alpha value is -2.97. The lowest BCUT2D eigenvalue weighted by molar-refractivity contribution is -0.136. The molecule has 1 aliphatic rings. The van der Waals surface area contributed by atoms with Crippen molar-refractivity contribution in [2.75, 3.05) is 5.32 Å². The van der Waals surface area contributed by atoms with Crippen molar-refractivity contribution in [3.05, 3.63) is 48.7 Å². The highest BCUT2D eigenvalue weighted by molar-refractivity contribution is 5.77. The molecular weight excluding hydrogens is 386 g/mol. The number of benzene rings is 1. The second-order valence-electron chi connectivity index (χ2n) is 7.04. The number of nitrogens with zero attached hydrogens (tertiary/aromatic N) is 4. The van der Waals surface area contributed by atoms with Gasteiger partial charge in [-0.3, -0.25) is 0 Å². The fourth-order valence-electron chi connectivity index (χ4n) is 3.18. The molecule has 0 saturated heterocycles. The molecule has 152 valence electrons. The zero-order chi connectivity index (χ0) is 20.4. The molecule has 1 aliphatic carbocycles. The van der Waals surface area contributed by atoms with Crippen molar-refractivity contribution in [1.29, 1.82) is 0 Å². The van der Waals surface area contributed by atoms with Gasteiger partial charge in [-0.05, 0) is 49.6 Å². The first-order valence-electron chi connectivity index (χ1n) is 9.37. The predicted octanol–water partition coefficient (Wildman–Crippen LogP) is 5.06. The predicted molar refractivity (Wildman–Crippen MR) is 101 cm³/mol. The van der Waals surface area contributed by atoms with Crippen molar-refractivity contribution < 1.29 is 17.6 Å². The lowest BCUT2D eigenvalue weighted by Crippen LogP contribution is -2.28.